The van der Waals surface area contributed by atoms with Crippen molar-refractivity contribution in [3.8, 4) is 0 Å². The second kappa shape index (κ2) is 7.22. The molecular formula is C16H22N2O3. The number of ether oxygens (including phenoxy) is 1. The highest BCUT2D eigenvalue weighted by atomic mass is 16.5. The number of hydrogen-bond donors (Lipinski definition) is 1. The van der Waals surface area contributed by atoms with E-state index in [1.807, 2.05) is 30.3 Å². The summed E-state index contributed by atoms with van der Waals surface area (Å²) >= 11 is 0. The molecule has 5 nitrogen and oxygen atoms in total. The number of likely N-dealkylation sites (tertiary alicyclic amines) is 1. The lowest BCUT2D eigenvalue weighted by Crippen LogP contribution is -2.45. The number of carbonyl (C=O) groups is 2. The van der Waals surface area contributed by atoms with Gasteiger partial charge in [0.25, 0.3) is 5.91 Å². The van der Waals surface area contributed by atoms with Crippen molar-refractivity contribution in [3.63, 3.8) is 0 Å². The average molecular weight is 290 g/mol. The van der Waals surface area contributed by atoms with Gasteiger partial charge in [-0.2, -0.15) is 0 Å². The molecule has 1 fully saturated rings. The van der Waals surface area contributed by atoms with Gasteiger partial charge in [0.05, 0.1) is 6.61 Å². The Morgan fingerprint density at radius 2 is 1.90 bits per heavy atom. The highest BCUT2D eigenvalue weighted by Crippen LogP contribution is 2.18. The first-order valence-electron chi connectivity index (χ1n) is 7.31. The van der Waals surface area contributed by atoms with Crippen LogP contribution in [0.1, 0.15) is 25.3 Å². The number of nitrogens with zero attached hydrogens (tertiary/aromatic N) is 1. The molecule has 0 aliphatic carbocycles. The summed E-state index contributed by atoms with van der Waals surface area (Å²) in [4.78, 5) is 25.2. The number of primary amides is 1. The molecular weight excluding hydrogens is 268 g/mol. The molecule has 0 unspecified atom stereocenters. The van der Waals surface area contributed by atoms with Gasteiger partial charge in [0, 0.05) is 19.0 Å². The quantitative estimate of drug-likeness (QED) is 0.888. The van der Waals surface area contributed by atoms with Gasteiger partial charge < -0.3 is 15.4 Å². The molecule has 0 bridgehead atoms. The Balaban J connectivity index is 1.79. The Labute approximate surface area is 125 Å². The maximum atomic E-state index is 12.3. The number of piperidine rings is 1. The predicted molar refractivity (Wildman–Crippen MR) is 79.2 cm³/mol. The van der Waals surface area contributed by atoms with Crippen molar-refractivity contribution < 1.29 is 14.3 Å². The molecule has 21 heavy (non-hydrogen) atoms. The zero-order valence-electron chi connectivity index (χ0n) is 12.3. The molecule has 5 heteroatoms. The monoisotopic (exact) mass is 290 g/mol. The van der Waals surface area contributed by atoms with E-state index in [2.05, 4.69) is 0 Å². The van der Waals surface area contributed by atoms with Gasteiger partial charge in [0.15, 0.2) is 0 Å². The highest BCUT2D eigenvalue weighted by molar-refractivity contribution is 5.81. The standard InChI is InChI=1S/C16H22N2O3/c1-12(21-11-13-5-3-2-4-6-13)16(20)18-9-7-14(8-10-18)15(17)19/h2-6,12,14H,7-11H2,1H3,(H2,17,19)/t12-/m1/s1. The van der Waals surface area contributed by atoms with Crippen LogP contribution in [0.25, 0.3) is 0 Å². The van der Waals surface area contributed by atoms with Gasteiger partial charge in [-0.1, -0.05) is 30.3 Å². The SMILES string of the molecule is C[C@@H](OCc1ccccc1)C(=O)N1CCC(C(N)=O)CC1. The summed E-state index contributed by atoms with van der Waals surface area (Å²) in [5.41, 5.74) is 6.34. The van der Waals surface area contributed by atoms with E-state index in [1.165, 1.54) is 0 Å². The smallest absolute Gasteiger partial charge is 0.251 e. The molecule has 2 N–H and O–H groups in total. The van der Waals surface area contributed by atoms with E-state index >= 15 is 0 Å². The lowest BCUT2D eigenvalue weighted by Gasteiger charge is -2.32. The van der Waals surface area contributed by atoms with Gasteiger partial charge in [0.1, 0.15) is 6.10 Å². The molecule has 0 saturated carbocycles. The summed E-state index contributed by atoms with van der Waals surface area (Å²) in [5, 5.41) is 0. The predicted octanol–water partition coefficient (Wildman–Crippen LogP) is 1.32. The van der Waals surface area contributed by atoms with Crippen LogP contribution in [-0.2, 0) is 20.9 Å². The van der Waals surface area contributed by atoms with Crippen LogP contribution in [0.5, 0.6) is 0 Å². The summed E-state index contributed by atoms with van der Waals surface area (Å²) in [6.45, 7) is 3.34. The van der Waals surface area contributed by atoms with Crippen LogP contribution in [-0.4, -0.2) is 35.9 Å². The van der Waals surface area contributed by atoms with Crippen LogP contribution in [0.3, 0.4) is 0 Å². The van der Waals surface area contributed by atoms with Crippen LogP contribution in [0.2, 0.25) is 0 Å². The van der Waals surface area contributed by atoms with E-state index in [9.17, 15) is 9.59 Å². The molecule has 0 radical (unpaired) electrons. The Bertz CT molecular complexity index is 482. The topological polar surface area (TPSA) is 72.6 Å². The molecule has 2 amide bonds. The number of carbonyl (C=O) groups excluding carboxylic acids is 2. The van der Waals surface area contributed by atoms with Gasteiger partial charge in [-0.05, 0) is 25.3 Å². The van der Waals surface area contributed by atoms with E-state index < -0.39 is 6.10 Å². The van der Waals surface area contributed by atoms with Crippen LogP contribution in [0, 0.1) is 5.92 Å². The van der Waals surface area contributed by atoms with Gasteiger partial charge in [-0.3, -0.25) is 9.59 Å². The van der Waals surface area contributed by atoms with Crippen molar-refractivity contribution in [1.29, 1.82) is 0 Å². The normalized spacial score (nSPS) is 17.5. The molecule has 1 saturated heterocycles. The zero-order chi connectivity index (χ0) is 15.2. The summed E-state index contributed by atoms with van der Waals surface area (Å²) in [6.07, 6.45) is 0.814. The van der Waals surface area contributed by atoms with Crippen molar-refractivity contribution in [3.05, 3.63) is 35.9 Å². The number of hydrogen-bond acceptors (Lipinski definition) is 3. The van der Waals surface area contributed by atoms with Crippen LogP contribution < -0.4 is 5.73 Å². The fourth-order valence-electron chi connectivity index (χ4n) is 2.51. The first kappa shape index (κ1) is 15.5. The molecule has 1 atom stereocenters. The molecule has 1 aliphatic rings. The fraction of sp³-hybridized carbons (Fsp3) is 0.500. The number of rotatable bonds is 5. The largest absolute Gasteiger partial charge is 0.369 e. The van der Waals surface area contributed by atoms with Crippen molar-refractivity contribution >= 4 is 11.8 Å². The maximum absolute atomic E-state index is 12.3. The first-order chi connectivity index (χ1) is 10.1. The van der Waals surface area contributed by atoms with E-state index in [0.717, 1.165) is 5.56 Å². The summed E-state index contributed by atoms with van der Waals surface area (Å²) < 4.78 is 5.63. The van der Waals surface area contributed by atoms with E-state index in [4.69, 9.17) is 10.5 Å². The Kier molecular flexibility index (Phi) is 5.33. The van der Waals surface area contributed by atoms with Crippen LogP contribution in [0.4, 0.5) is 0 Å². The van der Waals surface area contributed by atoms with Crippen molar-refractivity contribution in [2.75, 3.05) is 13.1 Å². The minimum absolute atomic E-state index is 0.0196. The number of benzene rings is 1. The molecule has 1 aromatic carbocycles. The van der Waals surface area contributed by atoms with Gasteiger partial charge >= 0.3 is 0 Å². The third-order valence-electron chi connectivity index (χ3n) is 3.90. The summed E-state index contributed by atoms with van der Waals surface area (Å²) in [5.74, 6) is -0.390. The maximum Gasteiger partial charge on any atom is 0.251 e. The molecule has 1 heterocycles. The van der Waals surface area contributed by atoms with E-state index in [-0.39, 0.29) is 17.7 Å². The van der Waals surface area contributed by atoms with Gasteiger partial charge in [-0.15, -0.1) is 0 Å². The Morgan fingerprint density at radius 1 is 1.29 bits per heavy atom. The first-order valence-corrected chi connectivity index (χ1v) is 7.31. The van der Waals surface area contributed by atoms with E-state index in [0.29, 0.717) is 32.5 Å². The van der Waals surface area contributed by atoms with Crippen molar-refractivity contribution in [1.82, 2.24) is 4.90 Å². The Hall–Kier alpha value is -1.88. The number of amides is 2. The Morgan fingerprint density at radius 3 is 2.48 bits per heavy atom. The van der Waals surface area contributed by atoms with Crippen molar-refractivity contribution in [2.24, 2.45) is 11.7 Å². The second-order valence-corrected chi connectivity index (χ2v) is 5.44. The minimum atomic E-state index is -0.477. The zero-order valence-corrected chi connectivity index (χ0v) is 12.3. The summed E-state index contributed by atoms with van der Waals surface area (Å²) in [7, 11) is 0. The molecule has 2 rings (SSSR count). The minimum Gasteiger partial charge on any atom is -0.369 e. The van der Waals surface area contributed by atoms with Crippen LogP contribution >= 0.6 is 0 Å². The molecule has 114 valence electrons. The highest BCUT2D eigenvalue weighted by Gasteiger charge is 2.28. The second-order valence-electron chi connectivity index (χ2n) is 5.44. The van der Waals surface area contributed by atoms with E-state index in [1.54, 1.807) is 11.8 Å². The lowest BCUT2D eigenvalue weighted by molar-refractivity contribution is -0.145. The van der Waals surface area contributed by atoms with Crippen molar-refractivity contribution in [2.45, 2.75) is 32.5 Å². The fourth-order valence-corrected chi connectivity index (χ4v) is 2.51. The molecule has 1 aliphatic heterocycles. The summed E-state index contributed by atoms with van der Waals surface area (Å²) in [6, 6.07) is 9.77. The third kappa shape index (κ3) is 4.29. The molecule has 0 aromatic heterocycles. The van der Waals surface area contributed by atoms with Gasteiger partial charge in [0.2, 0.25) is 5.91 Å². The molecule has 1 aromatic rings. The average Bonchev–Trinajstić information content (AvgIpc) is 2.53. The number of nitrogens with two attached hydrogens (primary N) is 1. The lowest BCUT2D eigenvalue weighted by atomic mass is 9.96. The van der Waals surface area contributed by atoms with Crippen LogP contribution in [0.15, 0.2) is 30.3 Å². The molecule has 0 spiro atoms. The van der Waals surface area contributed by atoms with Gasteiger partial charge in [-0.25, -0.2) is 0 Å². The third-order valence-corrected chi connectivity index (χ3v) is 3.90.